The Hall–Kier alpha value is -4.37. The van der Waals surface area contributed by atoms with Gasteiger partial charge in [-0.15, -0.1) is 0 Å². The molecule has 2 aliphatic rings. The highest BCUT2D eigenvalue weighted by Gasteiger charge is 2.59. The molecule has 206 valence electrons. The first kappa shape index (κ1) is 25.6. The third-order valence-electron chi connectivity index (χ3n) is 7.98. The number of ether oxygens (including phenoxy) is 3. The van der Waals surface area contributed by atoms with E-state index in [1.165, 1.54) is 6.33 Å². The molecule has 3 heterocycles. The zero-order chi connectivity index (χ0) is 28.1. The van der Waals surface area contributed by atoms with Crippen LogP contribution < -0.4 is 5.73 Å². The Bertz CT molecular complexity index is 1610. The van der Waals surface area contributed by atoms with Crippen LogP contribution in [0.2, 0.25) is 0 Å². The molecule has 8 nitrogen and oxygen atoms in total. The van der Waals surface area contributed by atoms with Gasteiger partial charge in [-0.25, -0.2) is 15.0 Å². The lowest BCUT2D eigenvalue weighted by Gasteiger charge is -2.39. The van der Waals surface area contributed by atoms with Gasteiger partial charge in [0.05, 0.1) is 19.0 Å². The molecule has 0 bridgehead atoms. The Kier molecular flexibility index (Phi) is 6.01. The molecule has 1 fully saturated rings. The van der Waals surface area contributed by atoms with Gasteiger partial charge in [-0.1, -0.05) is 97.1 Å². The van der Waals surface area contributed by atoms with E-state index in [0.29, 0.717) is 17.0 Å². The van der Waals surface area contributed by atoms with Crippen LogP contribution in [0.4, 0.5) is 5.82 Å². The predicted octanol–water partition coefficient (Wildman–Crippen LogP) is 5.42. The Balaban J connectivity index is 1.33. The molecule has 1 aliphatic heterocycles. The highest BCUT2D eigenvalue weighted by molar-refractivity contribution is 5.81. The number of hydrogen-bond acceptors (Lipinski definition) is 7. The number of nitrogens with two attached hydrogens (primary N) is 1. The fourth-order valence-electron chi connectivity index (χ4n) is 6.31. The van der Waals surface area contributed by atoms with E-state index in [2.05, 4.69) is 63.5 Å². The topological polar surface area (TPSA) is 97.3 Å². The van der Waals surface area contributed by atoms with Crippen molar-refractivity contribution in [2.45, 2.75) is 43.0 Å². The number of nitrogen functional groups attached to an aromatic ring is 1. The van der Waals surface area contributed by atoms with Crippen molar-refractivity contribution in [3.05, 3.63) is 132 Å². The summed E-state index contributed by atoms with van der Waals surface area (Å²) in [6.07, 6.45) is 6.89. The lowest BCUT2D eigenvalue weighted by molar-refractivity contribution is -0.171. The van der Waals surface area contributed by atoms with E-state index < -0.39 is 23.1 Å². The second-order valence-corrected chi connectivity index (χ2v) is 11.0. The largest absolute Gasteiger partial charge is 0.382 e. The second-order valence-electron chi connectivity index (χ2n) is 11.0. The molecule has 2 N–H and O–H groups in total. The predicted molar refractivity (Wildman–Crippen MR) is 156 cm³/mol. The fourth-order valence-corrected chi connectivity index (χ4v) is 6.31. The molecule has 0 unspecified atom stereocenters. The summed E-state index contributed by atoms with van der Waals surface area (Å²) in [5.74, 6) is -0.478. The zero-order valence-corrected chi connectivity index (χ0v) is 22.9. The average molecular weight is 546 g/mol. The third kappa shape index (κ3) is 4.14. The van der Waals surface area contributed by atoms with Gasteiger partial charge in [-0.2, -0.15) is 0 Å². The molecule has 0 spiro atoms. The molecule has 41 heavy (non-hydrogen) atoms. The fraction of sp³-hybridized carbons (Fsp3) is 0.242. The number of anilines is 1. The highest BCUT2D eigenvalue weighted by Crippen LogP contribution is 2.50. The standard InChI is InChI=1S/C33H31N5O3/c1-31(2)40-28-26(38-22-37-30-27(38)29(34)35-21-36-30)18-19-32(28,41-31)20-39-33(23-12-6-3-7-13-23,24-14-8-4-9-15-24)25-16-10-5-11-17-25/h3-19,21-22,26,28H,20H2,1-2H3,(H2,34,35,36)/t26-,28+,32+/m1/s1. The molecule has 1 saturated heterocycles. The van der Waals surface area contributed by atoms with Crippen LogP contribution in [0.5, 0.6) is 0 Å². The third-order valence-corrected chi connectivity index (χ3v) is 7.98. The van der Waals surface area contributed by atoms with Crippen LogP contribution >= 0.6 is 0 Å². The van der Waals surface area contributed by atoms with Crippen molar-refractivity contribution >= 4 is 17.0 Å². The summed E-state index contributed by atoms with van der Waals surface area (Å²) in [6.45, 7) is 4.09. The number of benzene rings is 3. The Morgan fingerprint density at radius 2 is 1.44 bits per heavy atom. The molecular formula is C33H31N5O3. The number of nitrogens with zero attached hydrogens (tertiary/aromatic N) is 4. The van der Waals surface area contributed by atoms with Crippen molar-refractivity contribution in [3.63, 3.8) is 0 Å². The van der Waals surface area contributed by atoms with Crippen molar-refractivity contribution in [1.82, 2.24) is 19.5 Å². The van der Waals surface area contributed by atoms with E-state index in [4.69, 9.17) is 19.9 Å². The number of aromatic nitrogens is 4. The monoisotopic (exact) mass is 545 g/mol. The van der Waals surface area contributed by atoms with E-state index in [0.717, 1.165) is 16.7 Å². The van der Waals surface area contributed by atoms with Gasteiger partial charge in [0, 0.05) is 0 Å². The van der Waals surface area contributed by atoms with Crippen LogP contribution in [-0.4, -0.2) is 43.6 Å². The molecule has 1 aliphatic carbocycles. The molecule has 0 amide bonds. The lowest BCUT2D eigenvalue weighted by Crippen LogP contribution is -2.46. The van der Waals surface area contributed by atoms with Gasteiger partial charge < -0.3 is 24.5 Å². The number of rotatable bonds is 7. The molecule has 3 atom stereocenters. The van der Waals surface area contributed by atoms with Crippen LogP contribution in [0.3, 0.4) is 0 Å². The first-order chi connectivity index (χ1) is 19.9. The minimum Gasteiger partial charge on any atom is -0.382 e. The zero-order valence-electron chi connectivity index (χ0n) is 22.9. The van der Waals surface area contributed by atoms with Crippen LogP contribution in [0.15, 0.2) is 116 Å². The smallest absolute Gasteiger partial charge is 0.182 e. The van der Waals surface area contributed by atoms with Gasteiger partial charge >= 0.3 is 0 Å². The molecule has 3 aromatic carbocycles. The van der Waals surface area contributed by atoms with Crippen molar-refractivity contribution in [2.75, 3.05) is 12.3 Å². The van der Waals surface area contributed by atoms with E-state index in [1.54, 1.807) is 6.33 Å². The molecule has 2 aromatic heterocycles. The van der Waals surface area contributed by atoms with Gasteiger partial charge in [-0.3, -0.25) is 0 Å². The van der Waals surface area contributed by atoms with Gasteiger partial charge in [0.2, 0.25) is 0 Å². The Morgan fingerprint density at radius 1 is 0.854 bits per heavy atom. The summed E-state index contributed by atoms with van der Waals surface area (Å²) in [4.78, 5) is 13.0. The number of hydrogen-bond donors (Lipinski definition) is 1. The van der Waals surface area contributed by atoms with Crippen LogP contribution in [-0.2, 0) is 19.8 Å². The SMILES string of the molecule is CC1(C)O[C@H]2[C@H](n3cnc4ncnc(N)c43)C=C[C@@]2(COC(c2ccccc2)(c2ccccc2)c2ccccc2)O1. The van der Waals surface area contributed by atoms with Gasteiger partial charge in [-0.05, 0) is 36.6 Å². The van der Waals surface area contributed by atoms with E-state index in [-0.39, 0.29) is 12.6 Å². The maximum absolute atomic E-state index is 7.22. The van der Waals surface area contributed by atoms with Gasteiger partial charge in [0.25, 0.3) is 0 Å². The van der Waals surface area contributed by atoms with E-state index in [1.807, 2.05) is 73.0 Å². The van der Waals surface area contributed by atoms with E-state index in [9.17, 15) is 0 Å². The highest BCUT2D eigenvalue weighted by atomic mass is 16.8. The Morgan fingerprint density at radius 3 is 2.02 bits per heavy atom. The molecule has 7 rings (SSSR count). The van der Waals surface area contributed by atoms with Crippen molar-refractivity contribution in [1.29, 1.82) is 0 Å². The molecule has 0 saturated carbocycles. The second kappa shape index (κ2) is 9.62. The molecule has 5 aromatic rings. The minimum atomic E-state index is -0.898. The molecule has 0 radical (unpaired) electrons. The van der Waals surface area contributed by atoms with Gasteiger partial charge in [0.1, 0.15) is 29.2 Å². The summed E-state index contributed by atoms with van der Waals surface area (Å²) >= 11 is 0. The maximum atomic E-state index is 7.22. The summed E-state index contributed by atoms with van der Waals surface area (Å²) in [6, 6.07) is 30.7. The van der Waals surface area contributed by atoms with Crippen LogP contribution in [0.1, 0.15) is 36.6 Å². The van der Waals surface area contributed by atoms with Crippen LogP contribution in [0.25, 0.3) is 11.2 Å². The summed E-state index contributed by atoms with van der Waals surface area (Å²) < 4.78 is 22.5. The summed E-state index contributed by atoms with van der Waals surface area (Å²) in [5, 5.41) is 0. The minimum absolute atomic E-state index is 0.228. The van der Waals surface area contributed by atoms with Crippen LogP contribution in [0, 0.1) is 0 Å². The average Bonchev–Trinajstić information content (AvgIpc) is 3.65. The lowest BCUT2D eigenvalue weighted by atomic mass is 9.80. The quantitative estimate of drug-likeness (QED) is 0.215. The van der Waals surface area contributed by atoms with Crippen molar-refractivity contribution in [3.8, 4) is 0 Å². The molecule has 8 heteroatoms. The number of fused-ring (bicyclic) bond motifs is 2. The maximum Gasteiger partial charge on any atom is 0.182 e. The van der Waals surface area contributed by atoms with Crippen molar-refractivity contribution in [2.24, 2.45) is 0 Å². The first-order valence-electron chi connectivity index (χ1n) is 13.7. The molecular weight excluding hydrogens is 514 g/mol. The normalized spacial score (nSPS) is 23.2. The summed E-state index contributed by atoms with van der Waals surface area (Å²) in [7, 11) is 0. The summed E-state index contributed by atoms with van der Waals surface area (Å²) in [5.41, 5.74) is 8.76. The van der Waals surface area contributed by atoms with Crippen molar-refractivity contribution < 1.29 is 14.2 Å². The van der Waals surface area contributed by atoms with E-state index >= 15 is 0 Å². The number of imidazole rings is 1. The Labute approximate surface area is 238 Å². The van der Waals surface area contributed by atoms with Gasteiger partial charge in [0.15, 0.2) is 17.3 Å². The first-order valence-corrected chi connectivity index (χ1v) is 13.7.